The average molecular weight is 456 g/mol. The molecule has 0 aromatic heterocycles. The Bertz CT molecular complexity index is 1080. The molecule has 2 aromatic rings. The Labute approximate surface area is 192 Å². The minimum absolute atomic E-state index is 0.0432. The number of hydrogen-bond acceptors (Lipinski definition) is 4. The highest BCUT2D eigenvalue weighted by Crippen LogP contribution is 2.31. The Hall–Kier alpha value is -2.90. The third-order valence-electron chi connectivity index (χ3n) is 6.00. The summed E-state index contributed by atoms with van der Waals surface area (Å²) in [6, 6.07) is 11.8. The van der Waals surface area contributed by atoms with Crippen molar-refractivity contribution in [2.75, 3.05) is 25.0 Å². The molecule has 2 aliphatic rings. The van der Waals surface area contributed by atoms with E-state index in [1.54, 1.807) is 45.0 Å². The van der Waals surface area contributed by atoms with Gasteiger partial charge in [-0.05, 0) is 40.8 Å². The van der Waals surface area contributed by atoms with E-state index in [4.69, 9.17) is 11.6 Å². The third kappa shape index (κ3) is 4.10. The van der Waals surface area contributed by atoms with Crippen molar-refractivity contribution < 1.29 is 19.5 Å². The number of nitrogens with one attached hydrogen (secondary N) is 1. The van der Waals surface area contributed by atoms with E-state index < -0.39 is 23.5 Å². The molecule has 0 saturated carbocycles. The molecule has 3 amide bonds. The lowest BCUT2D eigenvalue weighted by atomic mass is 9.88. The Morgan fingerprint density at radius 1 is 1.09 bits per heavy atom. The standard InChI is InChI=1S/C24H26ClN3O4/c1-24(2,3)20(29)23(32)27-10-11-28-19(13-27)21(30)26-18-9-6-15(12-17(18)22(28)31)14-4-7-16(25)8-5-14/h4-9,12,19-20,29H,10-11,13H2,1-3H3,(H,26,30)/t19?,20-/m1/s1. The maximum atomic E-state index is 13.4. The first-order valence-corrected chi connectivity index (χ1v) is 10.9. The van der Waals surface area contributed by atoms with Gasteiger partial charge >= 0.3 is 0 Å². The largest absolute Gasteiger partial charge is 0.383 e. The maximum absolute atomic E-state index is 13.4. The minimum Gasteiger partial charge on any atom is -0.383 e. The second-order valence-electron chi connectivity index (χ2n) is 9.32. The fraction of sp³-hybridized carbons (Fsp3) is 0.375. The molecule has 2 N–H and O–H groups in total. The number of anilines is 1. The number of amides is 3. The molecule has 2 aromatic carbocycles. The van der Waals surface area contributed by atoms with Crippen LogP contribution in [0.5, 0.6) is 0 Å². The van der Waals surface area contributed by atoms with Crippen LogP contribution in [-0.2, 0) is 9.59 Å². The number of fused-ring (bicyclic) bond motifs is 2. The van der Waals surface area contributed by atoms with Gasteiger partial charge in [0.05, 0.1) is 17.8 Å². The number of piperazine rings is 1. The molecular formula is C24H26ClN3O4. The number of benzene rings is 2. The first kappa shape index (κ1) is 22.3. The van der Waals surface area contributed by atoms with Crippen LogP contribution in [0.2, 0.25) is 5.02 Å². The van der Waals surface area contributed by atoms with Crippen molar-refractivity contribution >= 4 is 35.0 Å². The Morgan fingerprint density at radius 2 is 1.75 bits per heavy atom. The molecule has 32 heavy (non-hydrogen) atoms. The number of hydrogen-bond donors (Lipinski definition) is 2. The lowest BCUT2D eigenvalue weighted by Gasteiger charge is -2.41. The molecule has 4 rings (SSSR count). The summed E-state index contributed by atoms with van der Waals surface area (Å²) in [6.07, 6.45) is -1.18. The van der Waals surface area contributed by atoms with Crippen LogP contribution in [0, 0.1) is 5.41 Å². The number of nitrogens with zero attached hydrogens (tertiary/aromatic N) is 2. The number of aliphatic hydroxyl groups is 1. The topological polar surface area (TPSA) is 89.9 Å². The van der Waals surface area contributed by atoms with E-state index in [0.717, 1.165) is 11.1 Å². The van der Waals surface area contributed by atoms with Crippen LogP contribution in [0.15, 0.2) is 42.5 Å². The van der Waals surface area contributed by atoms with Crippen LogP contribution in [0.3, 0.4) is 0 Å². The zero-order valence-electron chi connectivity index (χ0n) is 18.3. The number of rotatable bonds is 2. The third-order valence-corrected chi connectivity index (χ3v) is 6.25. The van der Waals surface area contributed by atoms with Crippen LogP contribution in [0.25, 0.3) is 11.1 Å². The lowest BCUT2D eigenvalue weighted by Crippen LogP contribution is -2.61. The van der Waals surface area contributed by atoms with Crippen LogP contribution >= 0.6 is 11.6 Å². The van der Waals surface area contributed by atoms with Gasteiger partial charge in [0.1, 0.15) is 12.1 Å². The van der Waals surface area contributed by atoms with Crippen molar-refractivity contribution in [2.45, 2.75) is 32.9 Å². The SMILES string of the molecule is CC(C)(C)[C@H](O)C(=O)N1CCN2C(=O)c3cc(-c4ccc(Cl)cc4)ccc3NC(=O)C2C1. The molecule has 7 nitrogen and oxygen atoms in total. The van der Waals surface area contributed by atoms with Crippen molar-refractivity contribution in [2.24, 2.45) is 5.41 Å². The fourth-order valence-electron chi connectivity index (χ4n) is 4.02. The highest BCUT2D eigenvalue weighted by atomic mass is 35.5. The van der Waals surface area contributed by atoms with Crippen molar-refractivity contribution in [3.63, 3.8) is 0 Å². The smallest absolute Gasteiger partial charge is 0.256 e. The summed E-state index contributed by atoms with van der Waals surface area (Å²) in [5.74, 6) is -1.04. The van der Waals surface area contributed by atoms with E-state index in [9.17, 15) is 19.5 Å². The predicted molar refractivity (Wildman–Crippen MR) is 122 cm³/mol. The number of halogens is 1. The maximum Gasteiger partial charge on any atom is 0.256 e. The average Bonchev–Trinajstić information content (AvgIpc) is 2.86. The summed E-state index contributed by atoms with van der Waals surface area (Å²) in [5.41, 5.74) is 1.97. The summed E-state index contributed by atoms with van der Waals surface area (Å²) in [4.78, 5) is 42.1. The molecule has 0 bridgehead atoms. The summed E-state index contributed by atoms with van der Waals surface area (Å²) in [6.45, 7) is 5.85. The van der Waals surface area contributed by atoms with Gasteiger partial charge in [0, 0.05) is 18.1 Å². The van der Waals surface area contributed by atoms with E-state index in [1.165, 1.54) is 9.80 Å². The van der Waals surface area contributed by atoms with E-state index >= 15 is 0 Å². The van der Waals surface area contributed by atoms with Crippen molar-refractivity contribution in [1.29, 1.82) is 0 Å². The van der Waals surface area contributed by atoms with Crippen LogP contribution < -0.4 is 5.32 Å². The van der Waals surface area contributed by atoms with Gasteiger partial charge in [-0.25, -0.2) is 0 Å². The molecule has 0 spiro atoms. The molecule has 0 aliphatic carbocycles. The Morgan fingerprint density at radius 3 is 2.41 bits per heavy atom. The second kappa shape index (κ2) is 8.22. The van der Waals surface area contributed by atoms with Gasteiger partial charge in [-0.3, -0.25) is 14.4 Å². The quantitative estimate of drug-likeness (QED) is 0.728. The first-order valence-electron chi connectivity index (χ1n) is 10.5. The van der Waals surface area contributed by atoms with E-state index in [2.05, 4.69) is 5.32 Å². The van der Waals surface area contributed by atoms with Gasteiger partial charge in [-0.15, -0.1) is 0 Å². The molecule has 2 heterocycles. The predicted octanol–water partition coefficient (Wildman–Crippen LogP) is 3.02. The molecule has 168 valence electrons. The monoisotopic (exact) mass is 455 g/mol. The normalized spacial score (nSPS) is 19.6. The van der Waals surface area contributed by atoms with Crippen molar-refractivity contribution in [3.05, 3.63) is 53.1 Å². The van der Waals surface area contributed by atoms with Gasteiger partial charge in [-0.2, -0.15) is 0 Å². The number of carbonyl (C=O) groups excluding carboxylic acids is 3. The highest BCUT2D eigenvalue weighted by molar-refractivity contribution is 6.30. The summed E-state index contributed by atoms with van der Waals surface area (Å²) < 4.78 is 0. The molecule has 1 unspecified atom stereocenters. The summed E-state index contributed by atoms with van der Waals surface area (Å²) in [7, 11) is 0. The second-order valence-corrected chi connectivity index (χ2v) is 9.76. The first-order chi connectivity index (χ1) is 15.1. The summed E-state index contributed by atoms with van der Waals surface area (Å²) in [5, 5.41) is 13.9. The van der Waals surface area contributed by atoms with Gasteiger partial charge in [0.15, 0.2) is 0 Å². The summed E-state index contributed by atoms with van der Waals surface area (Å²) >= 11 is 5.98. The molecule has 1 fully saturated rings. The zero-order chi connectivity index (χ0) is 23.2. The van der Waals surface area contributed by atoms with Gasteiger partial charge in [-0.1, -0.05) is 50.6 Å². The molecule has 2 atom stereocenters. The van der Waals surface area contributed by atoms with Gasteiger partial charge in [0.2, 0.25) is 5.91 Å². The molecule has 2 aliphatic heterocycles. The Balaban J connectivity index is 1.61. The zero-order valence-corrected chi connectivity index (χ0v) is 19.0. The van der Waals surface area contributed by atoms with E-state index in [0.29, 0.717) is 16.3 Å². The van der Waals surface area contributed by atoms with Crippen LogP contribution in [0.1, 0.15) is 31.1 Å². The number of aliphatic hydroxyl groups excluding tert-OH is 1. The van der Waals surface area contributed by atoms with E-state index in [-0.39, 0.29) is 31.4 Å². The lowest BCUT2D eigenvalue weighted by molar-refractivity contribution is -0.149. The molecule has 8 heteroatoms. The van der Waals surface area contributed by atoms with Gasteiger partial charge < -0.3 is 20.2 Å². The molecular weight excluding hydrogens is 430 g/mol. The fourth-order valence-corrected chi connectivity index (χ4v) is 4.14. The van der Waals surface area contributed by atoms with Crippen molar-refractivity contribution in [1.82, 2.24) is 9.80 Å². The minimum atomic E-state index is -1.18. The van der Waals surface area contributed by atoms with Crippen molar-refractivity contribution in [3.8, 4) is 11.1 Å². The van der Waals surface area contributed by atoms with Crippen LogP contribution in [0.4, 0.5) is 5.69 Å². The van der Waals surface area contributed by atoms with E-state index in [1.807, 2.05) is 18.2 Å². The van der Waals surface area contributed by atoms with Gasteiger partial charge in [0.25, 0.3) is 11.8 Å². The molecule has 0 radical (unpaired) electrons. The number of carbonyl (C=O) groups is 3. The molecule has 1 saturated heterocycles. The van der Waals surface area contributed by atoms with Crippen LogP contribution in [-0.4, -0.2) is 64.4 Å². The highest BCUT2D eigenvalue weighted by Gasteiger charge is 2.42. The Kier molecular flexibility index (Phi) is 5.73.